The van der Waals surface area contributed by atoms with Crippen molar-refractivity contribution in [1.29, 1.82) is 0 Å². The zero-order valence-electron chi connectivity index (χ0n) is 21.0. The van der Waals surface area contributed by atoms with E-state index in [4.69, 9.17) is 11.6 Å². The van der Waals surface area contributed by atoms with Crippen LogP contribution in [0, 0.1) is 0 Å². The Balaban J connectivity index is 1.42. The number of rotatable bonds is 8. The van der Waals surface area contributed by atoms with Crippen LogP contribution in [0.2, 0.25) is 5.02 Å². The van der Waals surface area contributed by atoms with Crippen molar-refractivity contribution in [3.05, 3.63) is 88.9 Å². The molecule has 1 amide bonds. The van der Waals surface area contributed by atoms with E-state index in [-0.39, 0.29) is 17.3 Å². The molecule has 8 nitrogen and oxygen atoms in total. The second kappa shape index (κ2) is 11.9. The number of nitrogens with one attached hydrogen (secondary N) is 1. The van der Waals surface area contributed by atoms with E-state index in [0.29, 0.717) is 40.6 Å². The molecule has 0 saturated carbocycles. The fourth-order valence-electron chi connectivity index (χ4n) is 4.30. The fraction of sp³-hybridized carbons (Fsp3) is 0.296. The summed E-state index contributed by atoms with van der Waals surface area (Å²) in [4.78, 5) is 13.0. The number of anilines is 2. The summed E-state index contributed by atoms with van der Waals surface area (Å²) in [5.74, 6) is -0.366. The molecule has 11 heteroatoms. The number of carbonyl (C=O) groups excluding carboxylic acids is 1. The SMILES string of the molecule is CS(=O)(=O)N(Cc1ccc(C(=O)Nc2ccc(S(=O)(=O)N3CCCCCC3)cc2)cc1)c1cccc(Cl)c1. The Kier molecular flexibility index (Phi) is 8.77. The van der Waals surface area contributed by atoms with Crippen LogP contribution in [0.25, 0.3) is 0 Å². The number of carbonyl (C=O) groups is 1. The molecule has 3 aromatic carbocycles. The lowest BCUT2D eigenvalue weighted by molar-refractivity contribution is 0.102. The fourth-order valence-corrected chi connectivity index (χ4v) is 6.88. The van der Waals surface area contributed by atoms with Crippen LogP contribution in [-0.2, 0) is 26.6 Å². The molecular formula is C27H30ClN3O5S2. The van der Waals surface area contributed by atoms with E-state index in [1.54, 1.807) is 60.7 Å². The van der Waals surface area contributed by atoms with E-state index in [1.165, 1.54) is 20.7 Å². The van der Waals surface area contributed by atoms with Gasteiger partial charge in [-0.25, -0.2) is 16.8 Å². The van der Waals surface area contributed by atoms with Crippen molar-refractivity contribution in [1.82, 2.24) is 4.31 Å². The summed E-state index contributed by atoms with van der Waals surface area (Å²) < 4.78 is 53.5. The van der Waals surface area contributed by atoms with Crippen LogP contribution in [-0.4, -0.2) is 46.4 Å². The molecule has 0 radical (unpaired) electrons. The van der Waals surface area contributed by atoms with Crippen molar-refractivity contribution < 1.29 is 21.6 Å². The summed E-state index contributed by atoms with van der Waals surface area (Å²) in [5, 5.41) is 3.20. The Morgan fingerprint density at radius 3 is 2.11 bits per heavy atom. The van der Waals surface area contributed by atoms with E-state index in [2.05, 4.69) is 5.32 Å². The quantitative estimate of drug-likeness (QED) is 0.401. The van der Waals surface area contributed by atoms with Gasteiger partial charge in [-0.05, 0) is 73.0 Å². The number of sulfonamides is 2. The molecule has 0 atom stereocenters. The maximum absolute atomic E-state index is 13.0. The molecule has 0 aromatic heterocycles. The van der Waals surface area contributed by atoms with Crippen LogP contribution < -0.4 is 9.62 Å². The molecule has 1 aliphatic heterocycles. The summed E-state index contributed by atoms with van der Waals surface area (Å²) in [6.07, 6.45) is 4.92. The molecule has 1 fully saturated rings. The van der Waals surface area contributed by atoms with Gasteiger partial charge in [0.25, 0.3) is 5.91 Å². The Morgan fingerprint density at radius 1 is 0.895 bits per heavy atom. The van der Waals surface area contributed by atoms with Gasteiger partial charge in [0.2, 0.25) is 20.0 Å². The summed E-state index contributed by atoms with van der Waals surface area (Å²) in [6, 6.07) is 19.4. The van der Waals surface area contributed by atoms with Gasteiger partial charge in [0.15, 0.2) is 0 Å². The van der Waals surface area contributed by atoms with E-state index in [1.807, 2.05) is 0 Å². The van der Waals surface area contributed by atoms with Crippen molar-refractivity contribution in [3.63, 3.8) is 0 Å². The maximum atomic E-state index is 13.0. The number of hydrogen-bond acceptors (Lipinski definition) is 5. The lowest BCUT2D eigenvalue weighted by Crippen LogP contribution is -2.31. The molecule has 4 rings (SSSR count). The van der Waals surface area contributed by atoms with Gasteiger partial charge in [0.05, 0.1) is 23.4 Å². The topological polar surface area (TPSA) is 104 Å². The van der Waals surface area contributed by atoms with Crippen LogP contribution in [0.1, 0.15) is 41.6 Å². The standard InChI is InChI=1S/C27H30ClN3O5S2/c1-37(33,34)31(25-8-6-7-23(28)19-25)20-21-9-11-22(12-10-21)27(32)29-24-13-15-26(16-14-24)38(35,36)30-17-4-2-3-5-18-30/h6-16,19H,2-5,17-18,20H2,1H3,(H,29,32). The lowest BCUT2D eigenvalue weighted by Gasteiger charge is -2.22. The smallest absolute Gasteiger partial charge is 0.255 e. The predicted molar refractivity (Wildman–Crippen MR) is 151 cm³/mol. The first-order valence-electron chi connectivity index (χ1n) is 12.3. The molecule has 1 aliphatic rings. The zero-order chi connectivity index (χ0) is 27.3. The van der Waals surface area contributed by atoms with Gasteiger partial charge in [-0.2, -0.15) is 4.31 Å². The zero-order valence-corrected chi connectivity index (χ0v) is 23.4. The highest BCUT2D eigenvalue weighted by Crippen LogP contribution is 2.25. The van der Waals surface area contributed by atoms with Gasteiger partial charge in [0.1, 0.15) is 0 Å². The minimum atomic E-state index is -3.57. The maximum Gasteiger partial charge on any atom is 0.255 e. The Hall–Kier alpha value is -2.92. The van der Waals surface area contributed by atoms with Crippen molar-refractivity contribution in [2.24, 2.45) is 0 Å². The first-order valence-corrected chi connectivity index (χ1v) is 15.9. The van der Waals surface area contributed by atoms with Crippen LogP contribution >= 0.6 is 11.6 Å². The summed E-state index contributed by atoms with van der Waals surface area (Å²) in [6.45, 7) is 1.13. The molecule has 3 aromatic rings. The van der Waals surface area contributed by atoms with Gasteiger partial charge in [-0.3, -0.25) is 9.10 Å². The highest BCUT2D eigenvalue weighted by Gasteiger charge is 2.25. The molecule has 0 spiro atoms. The van der Waals surface area contributed by atoms with E-state index in [0.717, 1.165) is 31.9 Å². The van der Waals surface area contributed by atoms with Crippen LogP contribution in [0.4, 0.5) is 11.4 Å². The van der Waals surface area contributed by atoms with Crippen molar-refractivity contribution >= 4 is 48.9 Å². The lowest BCUT2D eigenvalue weighted by atomic mass is 10.1. The molecule has 202 valence electrons. The third-order valence-electron chi connectivity index (χ3n) is 6.35. The van der Waals surface area contributed by atoms with Crippen molar-refractivity contribution in [3.8, 4) is 0 Å². The van der Waals surface area contributed by atoms with E-state index >= 15 is 0 Å². The second-order valence-corrected chi connectivity index (χ2v) is 13.5. The average Bonchev–Trinajstić information content (AvgIpc) is 3.18. The highest BCUT2D eigenvalue weighted by atomic mass is 35.5. The molecular weight excluding hydrogens is 546 g/mol. The molecule has 0 aliphatic carbocycles. The third kappa shape index (κ3) is 6.93. The van der Waals surface area contributed by atoms with E-state index < -0.39 is 20.0 Å². The third-order valence-corrected chi connectivity index (χ3v) is 9.64. The van der Waals surface area contributed by atoms with Gasteiger partial charge in [-0.1, -0.05) is 42.6 Å². The van der Waals surface area contributed by atoms with Crippen LogP contribution in [0.15, 0.2) is 77.7 Å². The Labute approximate surface area is 229 Å². The number of nitrogens with zero attached hydrogens (tertiary/aromatic N) is 2. The second-order valence-electron chi connectivity index (χ2n) is 9.24. The number of benzene rings is 3. The molecule has 0 bridgehead atoms. The van der Waals surface area contributed by atoms with E-state index in [9.17, 15) is 21.6 Å². The first kappa shape index (κ1) is 28.1. The van der Waals surface area contributed by atoms with Gasteiger partial charge >= 0.3 is 0 Å². The summed E-state index contributed by atoms with van der Waals surface area (Å²) in [7, 11) is -7.14. The largest absolute Gasteiger partial charge is 0.322 e. The molecule has 1 saturated heterocycles. The monoisotopic (exact) mass is 575 g/mol. The van der Waals surface area contributed by atoms with Crippen LogP contribution in [0.5, 0.6) is 0 Å². The number of halogens is 1. The number of amides is 1. The average molecular weight is 576 g/mol. The predicted octanol–water partition coefficient (Wildman–Crippen LogP) is 5.12. The minimum Gasteiger partial charge on any atom is -0.322 e. The van der Waals surface area contributed by atoms with Crippen LogP contribution in [0.3, 0.4) is 0 Å². The molecule has 38 heavy (non-hydrogen) atoms. The Morgan fingerprint density at radius 2 is 1.53 bits per heavy atom. The summed E-state index contributed by atoms with van der Waals surface area (Å²) in [5.41, 5.74) is 1.99. The first-order chi connectivity index (χ1) is 18.0. The van der Waals surface area contributed by atoms with Gasteiger partial charge in [-0.15, -0.1) is 0 Å². The van der Waals surface area contributed by atoms with Gasteiger partial charge < -0.3 is 5.32 Å². The Bertz CT molecular complexity index is 1480. The van der Waals surface area contributed by atoms with Crippen molar-refractivity contribution in [2.75, 3.05) is 29.0 Å². The highest BCUT2D eigenvalue weighted by molar-refractivity contribution is 7.92. The normalized spacial score (nSPS) is 15.0. The number of hydrogen-bond donors (Lipinski definition) is 1. The molecule has 1 heterocycles. The summed E-state index contributed by atoms with van der Waals surface area (Å²) >= 11 is 6.04. The minimum absolute atomic E-state index is 0.0774. The molecule has 1 N–H and O–H groups in total. The van der Waals surface area contributed by atoms with Crippen molar-refractivity contribution in [2.45, 2.75) is 37.1 Å². The van der Waals surface area contributed by atoms with Gasteiger partial charge in [0, 0.05) is 29.4 Å². The molecule has 0 unspecified atom stereocenters.